The van der Waals surface area contributed by atoms with Crippen molar-refractivity contribution in [3.63, 3.8) is 0 Å². The third-order valence-electron chi connectivity index (χ3n) is 3.21. The number of aromatic nitrogens is 1. The fourth-order valence-electron chi connectivity index (χ4n) is 2.30. The van der Waals surface area contributed by atoms with Gasteiger partial charge in [-0.05, 0) is 30.7 Å². The summed E-state index contributed by atoms with van der Waals surface area (Å²) >= 11 is 0. The molecule has 1 aromatic carbocycles. The van der Waals surface area contributed by atoms with Gasteiger partial charge in [0.05, 0.1) is 18.4 Å². The van der Waals surface area contributed by atoms with Crippen molar-refractivity contribution in [2.24, 2.45) is 0 Å². The number of carbonyl (C=O) groups excluding carboxylic acids is 1. The number of ketones is 1. The number of benzene rings is 1. The molecule has 1 aromatic heterocycles. The maximum absolute atomic E-state index is 12.3. The molecule has 1 N–H and O–H groups in total. The molecule has 0 saturated heterocycles. The van der Waals surface area contributed by atoms with E-state index in [0.717, 1.165) is 5.56 Å². The van der Waals surface area contributed by atoms with Crippen LogP contribution in [-0.2, 0) is 0 Å². The monoisotopic (exact) mass is 241 g/mol. The molecule has 1 heterocycles. The standard InChI is InChI=1S/C14H11NO3/c1-7-3-4-15-13-8-6-11(18-2)10(16)5-9(8)14(17)12(7)13/h3-6,16H,1-2H3. The molecule has 4 nitrogen and oxygen atoms in total. The van der Waals surface area contributed by atoms with Crippen LogP contribution in [0, 0.1) is 6.92 Å². The minimum Gasteiger partial charge on any atom is -0.504 e. The number of methoxy groups -OCH3 is 1. The molecule has 18 heavy (non-hydrogen) atoms. The second kappa shape index (κ2) is 3.57. The number of phenols is 1. The Morgan fingerprint density at radius 3 is 2.78 bits per heavy atom. The average Bonchev–Trinajstić information content (AvgIpc) is 2.63. The number of aromatic hydroxyl groups is 1. The number of phenolic OH excluding ortho intramolecular Hbond substituents is 1. The summed E-state index contributed by atoms with van der Waals surface area (Å²) in [6.45, 7) is 1.88. The van der Waals surface area contributed by atoms with Crippen LogP contribution in [0.2, 0.25) is 0 Å². The lowest BCUT2D eigenvalue weighted by Crippen LogP contribution is -1.98. The maximum Gasteiger partial charge on any atom is 0.196 e. The number of ether oxygens (including phenoxy) is 1. The van der Waals surface area contributed by atoms with E-state index in [1.54, 1.807) is 18.3 Å². The quantitative estimate of drug-likeness (QED) is 0.710. The predicted octanol–water partition coefficient (Wildman–Crippen LogP) is 2.32. The Balaban J connectivity index is 2.35. The summed E-state index contributed by atoms with van der Waals surface area (Å²) in [6, 6.07) is 4.90. The molecule has 0 unspecified atom stereocenters. The minimum absolute atomic E-state index is 0.0324. The van der Waals surface area contributed by atoms with Crippen molar-refractivity contribution in [2.75, 3.05) is 7.11 Å². The van der Waals surface area contributed by atoms with Gasteiger partial charge in [-0.2, -0.15) is 0 Å². The molecule has 1 aliphatic rings. The van der Waals surface area contributed by atoms with Crippen LogP contribution in [-0.4, -0.2) is 23.0 Å². The van der Waals surface area contributed by atoms with Crippen molar-refractivity contribution in [1.29, 1.82) is 0 Å². The number of carbonyl (C=O) groups is 1. The zero-order valence-electron chi connectivity index (χ0n) is 10.0. The number of hydrogen-bond donors (Lipinski definition) is 1. The van der Waals surface area contributed by atoms with Crippen LogP contribution in [0.4, 0.5) is 0 Å². The van der Waals surface area contributed by atoms with Gasteiger partial charge in [0.2, 0.25) is 0 Å². The Morgan fingerprint density at radius 1 is 1.28 bits per heavy atom. The molecule has 3 rings (SSSR count). The van der Waals surface area contributed by atoms with E-state index < -0.39 is 0 Å². The van der Waals surface area contributed by atoms with Crippen molar-refractivity contribution < 1.29 is 14.6 Å². The van der Waals surface area contributed by atoms with Gasteiger partial charge in [0.1, 0.15) is 0 Å². The fraction of sp³-hybridized carbons (Fsp3) is 0.143. The van der Waals surface area contributed by atoms with Gasteiger partial charge in [-0.25, -0.2) is 0 Å². The van der Waals surface area contributed by atoms with Gasteiger partial charge in [0.15, 0.2) is 17.3 Å². The summed E-state index contributed by atoms with van der Waals surface area (Å²) < 4.78 is 5.06. The first-order valence-electron chi connectivity index (χ1n) is 5.55. The zero-order valence-corrected chi connectivity index (χ0v) is 10.0. The normalized spacial score (nSPS) is 12.2. The molecule has 0 saturated carbocycles. The molecular formula is C14H11NO3. The summed E-state index contributed by atoms with van der Waals surface area (Å²) in [5.41, 5.74) is 3.35. The van der Waals surface area contributed by atoms with Crippen LogP contribution in [0.3, 0.4) is 0 Å². The molecule has 1 aliphatic carbocycles. The van der Waals surface area contributed by atoms with E-state index in [2.05, 4.69) is 4.98 Å². The Kier molecular flexibility index (Phi) is 2.13. The molecule has 2 aromatic rings. The molecule has 4 heteroatoms. The van der Waals surface area contributed by atoms with Gasteiger partial charge in [-0.3, -0.25) is 9.78 Å². The third-order valence-corrected chi connectivity index (χ3v) is 3.21. The highest BCUT2D eigenvalue weighted by atomic mass is 16.5. The number of fused-ring (bicyclic) bond motifs is 3. The lowest BCUT2D eigenvalue weighted by Gasteiger charge is -2.05. The van der Waals surface area contributed by atoms with Crippen LogP contribution in [0.25, 0.3) is 11.3 Å². The van der Waals surface area contributed by atoms with E-state index in [4.69, 9.17) is 4.74 Å². The van der Waals surface area contributed by atoms with Crippen molar-refractivity contribution in [3.05, 3.63) is 41.1 Å². The number of hydrogen-bond acceptors (Lipinski definition) is 4. The average molecular weight is 241 g/mol. The first-order valence-corrected chi connectivity index (χ1v) is 5.55. The molecule has 0 radical (unpaired) electrons. The summed E-state index contributed by atoms with van der Waals surface area (Å²) in [7, 11) is 1.48. The SMILES string of the molecule is COc1cc2c(cc1O)C(=O)c1c(C)ccnc1-2. The largest absolute Gasteiger partial charge is 0.504 e. The number of rotatable bonds is 1. The van der Waals surface area contributed by atoms with E-state index in [9.17, 15) is 9.90 Å². The molecule has 90 valence electrons. The Morgan fingerprint density at radius 2 is 2.06 bits per heavy atom. The Hall–Kier alpha value is -2.36. The second-order valence-electron chi connectivity index (χ2n) is 4.25. The summed E-state index contributed by atoms with van der Waals surface area (Å²) in [5, 5.41) is 9.74. The van der Waals surface area contributed by atoms with Gasteiger partial charge < -0.3 is 9.84 Å². The smallest absolute Gasteiger partial charge is 0.196 e. The van der Waals surface area contributed by atoms with Crippen LogP contribution in [0.1, 0.15) is 21.5 Å². The highest BCUT2D eigenvalue weighted by molar-refractivity contribution is 6.22. The first kappa shape index (κ1) is 10.8. The summed E-state index contributed by atoms with van der Waals surface area (Å²) in [4.78, 5) is 16.5. The second-order valence-corrected chi connectivity index (χ2v) is 4.25. The molecule has 0 spiro atoms. The molecule has 0 amide bonds. The summed E-state index contributed by atoms with van der Waals surface area (Å²) in [5.74, 6) is 0.219. The predicted molar refractivity (Wildman–Crippen MR) is 66.1 cm³/mol. The van der Waals surface area contributed by atoms with Crippen molar-refractivity contribution in [2.45, 2.75) is 6.92 Å². The van der Waals surface area contributed by atoms with Crippen LogP contribution in [0.15, 0.2) is 24.4 Å². The van der Waals surface area contributed by atoms with Gasteiger partial charge >= 0.3 is 0 Å². The van der Waals surface area contributed by atoms with E-state index >= 15 is 0 Å². The lowest BCUT2D eigenvalue weighted by atomic mass is 10.1. The number of aryl methyl sites for hydroxylation is 1. The molecule has 0 aliphatic heterocycles. The van der Waals surface area contributed by atoms with Crippen LogP contribution < -0.4 is 4.74 Å². The minimum atomic E-state index is -0.0939. The lowest BCUT2D eigenvalue weighted by molar-refractivity contribution is 0.104. The Labute approximate surface area is 104 Å². The number of pyridine rings is 1. The van der Waals surface area contributed by atoms with Gasteiger partial charge in [0.25, 0.3) is 0 Å². The third kappa shape index (κ3) is 1.26. The van der Waals surface area contributed by atoms with Gasteiger partial charge in [-0.1, -0.05) is 0 Å². The molecular weight excluding hydrogens is 230 g/mol. The van der Waals surface area contributed by atoms with E-state index in [0.29, 0.717) is 28.1 Å². The molecule has 0 atom stereocenters. The van der Waals surface area contributed by atoms with E-state index in [-0.39, 0.29) is 11.5 Å². The van der Waals surface area contributed by atoms with Gasteiger partial charge in [-0.15, -0.1) is 0 Å². The van der Waals surface area contributed by atoms with Gasteiger partial charge in [0, 0.05) is 17.3 Å². The highest BCUT2D eigenvalue weighted by Gasteiger charge is 2.30. The van der Waals surface area contributed by atoms with E-state index in [1.165, 1.54) is 13.2 Å². The molecule has 0 bridgehead atoms. The van der Waals surface area contributed by atoms with E-state index in [1.807, 2.05) is 6.92 Å². The van der Waals surface area contributed by atoms with Crippen LogP contribution in [0.5, 0.6) is 11.5 Å². The first-order chi connectivity index (χ1) is 8.63. The van der Waals surface area contributed by atoms with Crippen molar-refractivity contribution >= 4 is 5.78 Å². The zero-order chi connectivity index (χ0) is 12.9. The number of nitrogens with zero attached hydrogens (tertiary/aromatic N) is 1. The highest BCUT2D eigenvalue weighted by Crippen LogP contribution is 2.41. The molecule has 0 fully saturated rings. The fourth-order valence-corrected chi connectivity index (χ4v) is 2.30. The summed E-state index contributed by atoms with van der Waals surface area (Å²) in [6.07, 6.45) is 1.68. The van der Waals surface area contributed by atoms with Crippen molar-refractivity contribution in [3.8, 4) is 22.8 Å². The van der Waals surface area contributed by atoms with Crippen molar-refractivity contribution in [1.82, 2.24) is 4.98 Å². The maximum atomic E-state index is 12.3. The Bertz CT molecular complexity index is 677. The van der Waals surface area contributed by atoms with Crippen LogP contribution >= 0.6 is 0 Å². The topological polar surface area (TPSA) is 59.4 Å².